The Balaban J connectivity index is 1.73. The van der Waals surface area contributed by atoms with E-state index in [1.807, 2.05) is 37.5 Å². The molecule has 1 amide bonds. The van der Waals surface area contributed by atoms with Crippen molar-refractivity contribution >= 4 is 32.9 Å². The fourth-order valence-corrected chi connectivity index (χ4v) is 2.62. The van der Waals surface area contributed by atoms with Crippen LogP contribution in [0.25, 0.3) is 11.0 Å². The number of H-pyrrole nitrogens is 1. The highest BCUT2D eigenvalue weighted by Gasteiger charge is 2.11. The van der Waals surface area contributed by atoms with Gasteiger partial charge in [-0.1, -0.05) is 12.1 Å². The molecule has 0 spiro atoms. The van der Waals surface area contributed by atoms with E-state index < -0.39 is 0 Å². The predicted molar refractivity (Wildman–Crippen MR) is 80.4 cm³/mol. The lowest BCUT2D eigenvalue weighted by molar-refractivity contribution is 0.0942. The van der Waals surface area contributed by atoms with Crippen LogP contribution in [-0.4, -0.2) is 20.4 Å². The molecule has 6 heteroatoms. The molecule has 0 aliphatic rings. The molecule has 0 aliphatic heterocycles. The van der Waals surface area contributed by atoms with Gasteiger partial charge in [0.1, 0.15) is 11.5 Å². The van der Waals surface area contributed by atoms with Crippen LogP contribution in [0.3, 0.4) is 0 Å². The minimum absolute atomic E-state index is 0.126. The Hall–Kier alpha value is -2.08. The first kappa shape index (κ1) is 12.9. The normalized spacial score (nSPS) is 10.9. The molecule has 0 unspecified atom stereocenters. The summed E-state index contributed by atoms with van der Waals surface area (Å²) < 4.78 is 2.66. The molecule has 0 radical (unpaired) electrons. The van der Waals surface area contributed by atoms with Gasteiger partial charge >= 0.3 is 0 Å². The Bertz CT molecular complexity index is 741. The highest BCUT2D eigenvalue weighted by molar-refractivity contribution is 9.10. The number of imidazole rings is 1. The van der Waals surface area contributed by atoms with Gasteiger partial charge in [-0.15, -0.1) is 0 Å². The number of carbonyl (C=O) groups is 1. The molecule has 2 N–H and O–H groups in total. The van der Waals surface area contributed by atoms with Gasteiger partial charge in [0, 0.05) is 17.7 Å². The molecule has 102 valence electrons. The van der Waals surface area contributed by atoms with E-state index in [1.165, 1.54) is 0 Å². The standard InChI is InChI=1S/C14H13BrN4O/c1-19-8-9(15)6-12(19)14(20)16-7-13-17-10-4-2-3-5-11(10)18-13/h2-6,8H,7H2,1H3,(H,16,20)(H,17,18). The van der Waals surface area contributed by atoms with Gasteiger partial charge < -0.3 is 14.9 Å². The number of para-hydroxylation sites is 2. The third-order valence-corrected chi connectivity index (χ3v) is 3.49. The van der Waals surface area contributed by atoms with Gasteiger partial charge in [0.05, 0.1) is 17.6 Å². The van der Waals surface area contributed by atoms with Gasteiger partial charge in [-0.05, 0) is 34.1 Å². The molecule has 3 aromatic rings. The monoisotopic (exact) mass is 332 g/mol. The van der Waals surface area contributed by atoms with E-state index in [0.717, 1.165) is 21.3 Å². The molecule has 0 atom stereocenters. The summed E-state index contributed by atoms with van der Waals surface area (Å²) in [6, 6.07) is 9.57. The second-order valence-corrected chi connectivity index (χ2v) is 5.45. The Morgan fingerprint density at radius 1 is 1.45 bits per heavy atom. The minimum atomic E-state index is -0.126. The van der Waals surface area contributed by atoms with Gasteiger partial charge in [0.2, 0.25) is 0 Å². The summed E-state index contributed by atoms with van der Waals surface area (Å²) in [6.07, 6.45) is 1.84. The SMILES string of the molecule is Cn1cc(Br)cc1C(=O)NCc1nc2ccccc2[nH]1. The third kappa shape index (κ3) is 2.46. The molecule has 20 heavy (non-hydrogen) atoms. The smallest absolute Gasteiger partial charge is 0.268 e. The van der Waals surface area contributed by atoms with E-state index >= 15 is 0 Å². The number of carbonyl (C=O) groups excluding carboxylic acids is 1. The van der Waals surface area contributed by atoms with E-state index in [1.54, 1.807) is 10.6 Å². The number of aromatic nitrogens is 3. The molecule has 2 heterocycles. The number of nitrogens with zero attached hydrogens (tertiary/aromatic N) is 2. The zero-order valence-corrected chi connectivity index (χ0v) is 12.4. The van der Waals surface area contributed by atoms with E-state index in [9.17, 15) is 4.79 Å². The Labute approximate surface area is 124 Å². The van der Waals surface area contributed by atoms with Crippen LogP contribution in [0.4, 0.5) is 0 Å². The zero-order chi connectivity index (χ0) is 14.1. The molecule has 1 aromatic carbocycles. The van der Waals surface area contributed by atoms with Crippen LogP contribution in [0.1, 0.15) is 16.3 Å². The van der Waals surface area contributed by atoms with Crippen LogP contribution < -0.4 is 5.32 Å². The number of hydrogen-bond donors (Lipinski definition) is 2. The maximum absolute atomic E-state index is 12.1. The molecular weight excluding hydrogens is 320 g/mol. The Morgan fingerprint density at radius 3 is 2.95 bits per heavy atom. The summed E-state index contributed by atoms with van der Waals surface area (Å²) in [4.78, 5) is 19.7. The van der Waals surface area contributed by atoms with Crippen molar-refractivity contribution in [3.05, 3.63) is 52.5 Å². The van der Waals surface area contributed by atoms with Crippen molar-refractivity contribution in [1.29, 1.82) is 0 Å². The lowest BCUT2D eigenvalue weighted by atomic mass is 10.3. The van der Waals surface area contributed by atoms with Crippen molar-refractivity contribution in [3.63, 3.8) is 0 Å². The summed E-state index contributed by atoms with van der Waals surface area (Å²) in [5.74, 6) is 0.617. The zero-order valence-electron chi connectivity index (χ0n) is 10.9. The molecular formula is C14H13BrN4O. The lowest BCUT2D eigenvalue weighted by Gasteiger charge is -2.03. The largest absolute Gasteiger partial charge is 0.345 e. The predicted octanol–water partition coefficient (Wildman–Crippen LogP) is 2.59. The molecule has 0 aliphatic carbocycles. The van der Waals surface area contributed by atoms with E-state index in [-0.39, 0.29) is 5.91 Å². The van der Waals surface area contributed by atoms with Gasteiger partial charge in [0.25, 0.3) is 5.91 Å². The van der Waals surface area contributed by atoms with Crippen LogP contribution >= 0.6 is 15.9 Å². The number of rotatable bonds is 3. The first-order chi connectivity index (χ1) is 9.63. The van der Waals surface area contributed by atoms with Crippen LogP contribution in [0, 0.1) is 0 Å². The summed E-state index contributed by atoms with van der Waals surface area (Å²) in [5.41, 5.74) is 2.48. The summed E-state index contributed by atoms with van der Waals surface area (Å²) in [5, 5.41) is 2.86. The van der Waals surface area contributed by atoms with Crippen LogP contribution in [0.15, 0.2) is 41.0 Å². The lowest BCUT2D eigenvalue weighted by Crippen LogP contribution is -2.25. The van der Waals surface area contributed by atoms with Gasteiger partial charge in [-0.25, -0.2) is 4.98 Å². The average Bonchev–Trinajstić information content (AvgIpc) is 2.98. The number of aryl methyl sites for hydroxylation is 1. The number of aromatic amines is 1. The van der Waals surface area contributed by atoms with Gasteiger partial charge in [-0.3, -0.25) is 4.79 Å². The fourth-order valence-electron chi connectivity index (χ4n) is 2.09. The number of hydrogen-bond acceptors (Lipinski definition) is 2. The summed E-state index contributed by atoms with van der Waals surface area (Å²) in [7, 11) is 1.83. The van der Waals surface area contributed by atoms with Crippen molar-refractivity contribution < 1.29 is 4.79 Å². The quantitative estimate of drug-likeness (QED) is 0.774. The van der Waals surface area contributed by atoms with Gasteiger partial charge in [-0.2, -0.15) is 0 Å². The van der Waals surface area contributed by atoms with Crippen LogP contribution in [-0.2, 0) is 13.6 Å². The maximum atomic E-state index is 12.1. The molecule has 0 bridgehead atoms. The topological polar surface area (TPSA) is 62.7 Å². The van der Waals surface area contributed by atoms with E-state index in [0.29, 0.717) is 12.2 Å². The summed E-state index contributed by atoms with van der Waals surface area (Å²) in [6.45, 7) is 0.371. The fraction of sp³-hybridized carbons (Fsp3) is 0.143. The first-order valence-corrected chi connectivity index (χ1v) is 6.96. The van der Waals surface area contributed by atoms with Crippen LogP contribution in [0.5, 0.6) is 0 Å². The van der Waals surface area contributed by atoms with E-state index in [2.05, 4.69) is 31.2 Å². The number of nitrogens with one attached hydrogen (secondary N) is 2. The van der Waals surface area contributed by atoms with Gasteiger partial charge in [0.15, 0.2) is 0 Å². The number of halogens is 1. The molecule has 5 nitrogen and oxygen atoms in total. The number of benzene rings is 1. The number of fused-ring (bicyclic) bond motifs is 1. The molecule has 2 aromatic heterocycles. The average molecular weight is 333 g/mol. The highest BCUT2D eigenvalue weighted by atomic mass is 79.9. The van der Waals surface area contributed by atoms with Crippen molar-refractivity contribution in [2.24, 2.45) is 7.05 Å². The molecule has 0 fully saturated rings. The second-order valence-electron chi connectivity index (χ2n) is 4.54. The Morgan fingerprint density at radius 2 is 2.25 bits per heavy atom. The molecule has 3 rings (SSSR count). The third-order valence-electron chi connectivity index (χ3n) is 3.06. The summed E-state index contributed by atoms with van der Waals surface area (Å²) >= 11 is 3.35. The number of amides is 1. The van der Waals surface area contributed by atoms with Crippen molar-refractivity contribution in [2.75, 3.05) is 0 Å². The van der Waals surface area contributed by atoms with Crippen LogP contribution in [0.2, 0.25) is 0 Å². The Kier molecular flexibility index (Phi) is 3.31. The van der Waals surface area contributed by atoms with E-state index in [4.69, 9.17) is 0 Å². The second kappa shape index (κ2) is 5.13. The maximum Gasteiger partial charge on any atom is 0.268 e. The highest BCUT2D eigenvalue weighted by Crippen LogP contribution is 2.14. The van der Waals surface area contributed by atoms with Crippen molar-refractivity contribution in [3.8, 4) is 0 Å². The molecule has 0 saturated carbocycles. The first-order valence-electron chi connectivity index (χ1n) is 6.17. The van der Waals surface area contributed by atoms with Crippen molar-refractivity contribution in [2.45, 2.75) is 6.54 Å². The van der Waals surface area contributed by atoms with Crippen molar-refractivity contribution in [1.82, 2.24) is 19.9 Å². The minimum Gasteiger partial charge on any atom is -0.345 e. The molecule has 0 saturated heterocycles.